The van der Waals surface area contributed by atoms with Gasteiger partial charge in [-0.2, -0.15) is 11.3 Å². The molecule has 0 atom stereocenters. The van der Waals surface area contributed by atoms with E-state index in [1.165, 1.54) is 4.90 Å². The van der Waals surface area contributed by atoms with Crippen molar-refractivity contribution >= 4 is 46.0 Å². The Labute approximate surface area is 141 Å². The lowest BCUT2D eigenvalue weighted by Crippen LogP contribution is -2.14. The number of nitrogens with one attached hydrogen (secondary N) is 1. The molecule has 1 aromatic carbocycles. The standard InChI is InChI=1S/C16H14N2OS3/c1-20-14-4-2-12(3-5-14)17-15(19)8-13-10-22-16(18-13)11-6-7-21-9-11/h2-7,9-10H,8H2,1H3,(H,17,19). The number of aromatic nitrogens is 1. The molecule has 1 amide bonds. The Morgan fingerprint density at radius 1 is 1.23 bits per heavy atom. The van der Waals surface area contributed by atoms with Gasteiger partial charge in [-0.25, -0.2) is 4.98 Å². The third-order valence-corrected chi connectivity index (χ3v) is 5.40. The average Bonchev–Trinajstić information content (AvgIpc) is 3.19. The molecule has 3 rings (SSSR count). The minimum absolute atomic E-state index is 0.0425. The Bertz CT molecular complexity index is 748. The molecule has 22 heavy (non-hydrogen) atoms. The fraction of sp³-hybridized carbons (Fsp3) is 0.125. The van der Waals surface area contributed by atoms with Gasteiger partial charge in [0.25, 0.3) is 0 Å². The summed E-state index contributed by atoms with van der Waals surface area (Å²) in [6.45, 7) is 0. The van der Waals surface area contributed by atoms with Gasteiger partial charge in [0.15, 0.2) is 0 Å². The van der Waals surface area contributed by atoms with Crippen LogP contribution in [0.3, 0.4) is 0 Å². The van der Waals surface area contributed by atoms with E-state index < -0.39 is 0 Å². The lowest BCUT2D eigenvalue weighted by Gasteiger charge is -2.04. The van der Waals surface area contributed by atoms with Gasteiger partial charge < -0.3 is 5.32 Å². The number of benzene rings is 1. The second-order valence-electron chi connectivity index (χ2n) is 4.61. The summed E-state index contributed by atoms with van der Waals surface area (Å²) in [7, 11) is 0. The molecule has 0 radical (unpaired) electrons. The van der Waals surface area contributed by atoms with Gasteiger partial charge >= 0.3 is 0 Å². The fourth-order valence-corrected chi connectivity index (χ4v) is 3.89. The maximum absolute atomic E-state index is 12.1. The van der Waals surface area contributed by atoms with E-state index in [0.29, 0.717) is 6.42 Å². The fourth-order valence-electron chi connectivity index (χ4n) is 1.95. The van der Waals surface area contributed by atoms with Crippen LogP contribution in [0.15, 0.2) is 51.4 Å². The summed E-state index contributed by atoms with van der Waals surface area (Å²) < 4.78 is 0. The summed E-state index contributed by atoms with van der Waals surface area (Å²) in [5.74, 6) is -0.0425. The van der Waals surface area contributed by atoms with E-state index in [4.69, 9.17) is 0 Å². The molecule has 0 bridgehead atoms. The van der Waals surface area contributed by atoms with Gasteiger partial charge in [-0.15, -0.1) is 23.1 Å². The summed E-state index contributed by atoms with van der Waals surface area (Å²) in [6, 6.07) is 9.87. The van der Waals surface area contributed by atoms with E-state index >= 15 is 0 Å². The number of hydrogen-bond acceptors (Lipinski definition) is 5. The molecule has 1 N–H and O–H groups in total. The largest absolute Gasteiger partial charge is 0.326 e. The zero-order valence-corrected chi connectivity index (χ0v) is 14.4. The Balaban J connectivity index is 1.61. The van der Waals surface area contributed by atoms with Gasteiger partial charge in [0, 0.05) is 26.9 Å². The molecule has 0 aliphatic carbocycles. The van der Waals surface area contributed by atoms with Crippen LogP contribution in [0, 0.1) is 0 Å². The number of thiophene rings is 1. The molecule has 2 aromatic heterocycles. The molecule has 0 saturated heterocycles. The van der Waals surface area contributed by atoms with Crippen LogP contribution in [0.1, 0.15) is 5.69 Å². The smallest absolute Gasteiger partial charge is 0.230 e. The molecule has 0 aliphatic rings. The summed E-state index contributed by atoms with van der Waals surface area (Å²) in [4.78, 5) is 17.8. The van der Waals surface area contributed by atoms with Crippen molar-refractivity contribution in [2.45, 2.75) is 11.3 Å². The molecular weight excluding hydrogens is 332 g/mol. The monoisotopic (exact) mass is 346 g/mol. The SMILES string of the molecule is CSc1ccc(NC(=O)Cc2csc(-c3ccsc3)n2)cc1. The summed E-state index contributed by atoms with van der Waals surface area (Å²) in [5, 5.41) is 9.91. The van der Waals surface area contributed by atoms with Gasteiger partial charge in [0.2, 0.25) is 5.91 Å². The maximum Gasteiger partial charge on any atom is 0.230 e. The zero-order chi connectivity index (χ0) is 15.4. The number of carbonyl (C=O) groups is 1. The van der Waals surface area contributed by atoms with Crippen molar-refractivity contribution < 1.29 is 4.79 Å². The van der Waals surface area contributed by atoms with Crippen molar-refractivity contribution in [3.05, 3.63) is 52.2 Å². The molecule has 0 fully saturated rings. The molecule has 3 aromatic rings. The van der Waals surface area contributed by atoms with Crippen LogP contribution in [0.4, 0.5) is 5.69 Å². The highest BCUT2D eigenvalue weighted by Crippen LogP contribution is 2.26. The number of amides is 1. The zero-order valence-electron chi connectivity index (χ0n) is 11.9. The molecule has 6 heteroatoms. The second kappa shape index (κ2) is 7.09. The summed E-state index contributed by atoms with van der Waals surface area (Å²) in [5.41, 5.74) is 2.75. The van der Waals surface area contributed by atoms with Gasteiger partial charge in [-0.3, -0.25) is 4.79 Å². The van der Waals surface area contributed by atoms with E-state index in [1.807, 2.05) is 47.3 Å². The van der Waals surface area contributed by atoms with Crippen molar-refractivity contribution in [3.63, 3.8) is 0 Å². The van der Waals surface area contributed by atoms with Gasteiger partial charge in [0.1, 0.15) is 5.01 Å². The average molecular weight is 347 g/mol. The van der Waals surface area contributed by atoms with Gasteiger partial charge in [-0.1, -0.05) is 0 Å². The number of rotatable bonds is 5. The molecule has 0 spiro atoms. The highest BCUT2D eigenvalue weighted by atomic mass is 32.2. The van der Waals surface area contributed by atoms with Crippen molar-refractivity contribution in [1.82, 2.24) is 4.98 Å². The van der Waals surface area contributed by atoms with Crippen LogP contribution in [0.25, 0.3) is 10.6 Å². The minimum Gasteiger partial charge on any atom is -0.326 e. The van der Waals surface area contributed by atoms with Crippen LogP contribution in [0.5, 0.6) is 0 Å². The Morgan fingerprint density at radius 2 is 2.05 bits per heavy atom. The summed E-state index contributed by atoms with van der Waals surface area (Å²) in [6.07, 6.45) is 2.33. The first-order valence-corrected chi connectivity index (χ1v) is 9.70. The van der Waals surface area contributed by atoms with Gasteiger partial charge in [0.05, 0.1) is 12.1 Å². The van der Waals surface area contributed by atoms with E-state index in [9.17, 15) is 4.79 Å². The molecular formula is C16H14N2OS3. The Hall–Kier alpha value is -1.63. The van der Waals surface area contributed by atoms with Crippen LogP contribution in [-0.2, 0) is 11.2 Å². The van der Waals surface area contributed by atoms with Crippen LogP contribution < -0.4 is 5.32 Å². The van der Waals surface area contributed by atoms with Crippen LogP contribution in [0.2, 0.25) is 0 Å². The first kappa shape index (κ1) is 15.3. The number of anilines is 1. The normalized spacial score (nSPS) is 10.6. The lowest BCUT2D eigenvalue weighted by atomic mass is 10.3. The second-order valence-corrected chi connectivity index (χ2v) is 7.13. The predicted octanol–water partition coefficient (Wildman–Crippen LogP) is 4.77. The molecule has 0 unspecified atom stereocenters. The molecule has 0 aliphatic heterocycles. The lowest BCUT2D eigenvalue weighted by molar-refractivity contribution is -0.115. The number of thioether (sulfide) groups is 1. The highest BCUT2D eigenvalue weighted by Gasteiger charge is 2.09. The first-order chi connectivity index (χ1) is 10.7. The van der Waals surface area contributed by atoms with E-state index in [0.717, 1.165) is 22.0 Å². The molecule has 2 heterocycles. The Morgan fingerprint density at radius 3 is 2.73 bits per heavy atom. The topological polar surface area (TPSA) is 42.0 Å². The third kappa shape index (κ3) is 3.76. The number of thiazole rings is 1. The van der Waals surface area contributed by atoms with Crippen molar-refractivity contribution in [2.24, 2.45) is 0 Å². The van der Waals surface area contributed by atoms with E-state index in [-0.39, 0.29) is 5.91 Å². The Kier molecular flexibility index (Phi) is 4.92. The van der Waals surface area contributed by atoms with Crippen molar-refractivity contribution in [2.75, 3.05) is 11.6 Å². The van der Waals surface area contributed by atoms with E-state index in [1.54, 1.807) is 34.4 Å². The number of hydrogen-bond donors (Lipinski definition) is 1. The first-order valence-electron chi connectivity index (χ1n) is 6.65. The maximum atomic E-state index is 12.1. The number of carbonyl (C=O) groups excluding carboxylic acids is 1. The predicted molar refractivity (Wildman–Crippen MR) is 96.0 cm³/mol. The third-order valence-electron chi connectivity index (χ3n) is 3.04. The molecule has 0 saturated carbocycles. The van der Waals surface area contributed by atoms with Crippen molar-refractivity contribution in [3.8, 4) is 10.6 Å². The molecule has 3 nitrogen and oxygen atoms in total. The quantitative estimate of drug-likeness (QED) is 0.676. The number of nitrogens with zero attached hydrogens (tertiary/aromatic N) is 1. The van der Waals surface area contributed by atoms with E-state index in [2.05, 4.69) is 15.7 Å². The van der Waals surface area contributed by atoms with Crippen LogP contribution >= 0.6 is 34.4 Å². The van der Waals surface area contributed by atoms with Crippen molar-refractivity contribution in [1.29, 1.82) is 0 Å². The highest BCUT2D eigenvalue weighted by molar-refractivity contribution is 7.98. The molecule has 112 valence electrons. The van der Waals surface area contributed by atoms with Crippen LogP contribution in [-0.4, -0.2) is 17.1 Å². The minimum atomic E-state index is -0.0425. The van der Waals surface area contributed by atoms with Gasteiger partial charge in [-0.05, 0) is 42.0 Å². The summed E-state index contributed by atoms with van der Waals surface area (Å²) >= 11 is 4.90.